The van der Waals surface area contributed by atoms with Crippen molar-refractivity contribution >= 4 is 54.6 Å². The number of pyridine rings is 1. The molecular formula is C74H45N9O. The molecule has 0 spiro atoms. The van der Waals surface area contributed by atoms with Crippen LogP contribution in [0.4, 0.5) is 0 Å². The molecule has 0 bridgehead atoms. The molecule has 5 aromatic heterocycles. The average molecular weight is 1080 g/mol. The van der Waals surface area contributed by atoms with Crippen molar-refractivity contribution in [1.82, 2.24) is 44.4 Å². The van der Waals surface area contributed by atoms with Crippen LogP contribution in [0, 0.1) is 0 Å². The van der Waals surface area contributed by atoms with Gasteiger partial charge in [-0.3, -0.25) is 4.57 Å². The third-order valence-electron chi connectivity index (χ3n) is 15.5. The van der Waals surface area contributed by atoms with Crippen molar-refractivity contribution in [3.63, 3.8) is 0 Å². The van der Waals surface area contributed by atoms with Crippen LogP contribution in [0.2, 0.25) is 0 Å². The van der Waals surface area contributed by atoms with Crippen LogP contribution in [0.15, 0.2) is 277 Å². The Balaban J connectivity index is 0.793. The van der Waals surface area contributed by atoms with Crippen LogP contribution in [-0.4, -0.2) is 44.4 Å². The van der Waals surface area contributed by atoms with E-state index >= 15 is 0 Å². The molecule has 0 amide bonds. The third-order valence-corrected chi connectivity index (χ3v) is 15.5. The number of fused-ring (bicyclic) bond motifs is 6. The lowest BCUT2D eigenvalue weighted by atomic mass is 9.98. The van der Waals surface area contributed by atoms with Gasteiger partial charge in [0.1, 0.15) is 11.3 Å². The summed E-state index contributed by atoms with van der Waals surface area (Å²) >= 11 is 0. The molecule has 0 aliphatic carbocycles. The molecule has 0 aliphatic heterocycles. The Labute approximate surface area is 481 Å². The highest BCUT2D eigenvalue weighted by atomic mass is 16.3. The third kappa shape index (κ3) is 8.87. The highest BCUT2D eigenvalue weighted by Gasteiger charge is 2.20. The standard InChI is InChI=1S/C74H45N9O/c1-3-17-50(18-4-1)74-79-64-40-37-57(44-68(64)84-74)72-81-69(48-30-32-49(33-31-48)73-78-63-27-11-12-28-67(63)83(73)58-23-5-2-6-24-58)80-71(82-72)55-22-14-20-52(42-55)51-19-13-21-54(41-51)65-45-66(62-39-36-47-16-8-10-26-61(47)75-62)77-70(76-65)56-35-38-60-53(43-56)34-29-46-15-7-9-25-59(46)60/h1-45H. The van der Waals surface area contributed by atoms with Crippen LogP contribution in [0.25, 0.3) is 162 Å². The van der Waals surface area contributed by atoms with E-state index in [1.54, 1.807) is 0 Å². The SMILES string of the molecule is c1ccc(-c2nc3ccc(-c4nc(-c5ccc(-c6nc7ccccc7n6-c6ccccc6)cc5)nc(-c5cccc(-c6cccc(-c7cc(-c8ccc9ccccc9n8)nc(-c8ccc9c(ccc%10ccccc%109)c8)n7)c6)c5)n4)cc3o2)cc1. The molecule has 392 valence electrons. The number of imidazole rings is 1. The molecule has 0 radical (unpaired) electrons. The predicted molar refractivity (Wildman–Crippen MR) is 337 cm³/mol. The predicted octanol–water partition coefficient (Wildman–Crippen LogP) is 18.0. The summed E-state index contributed by atoms with van der Waals surface area (Å²) in [5.74, 6) is 3.52. The fourth-order valence-corrected chi connectivity index (χ4v) is 11.3. The smallest absolute Gasteiger partial charge is 0.227 e. The van der Waals surface area contributed by atoms with Gasteiger partial charge in [0, 0.05) is 50.0 Å². The zero-order valence-electron chi connectivity index (χ0n) is 44.9. The molecule has 11 aromatic carbocycles. The first-order valence-electron chi connectivity index (χ1n) is 27.8. The summed E-state index contributed by atoms with van der Waals surface area (Å²) in [5.41, 5.74) is 15.6. The van der Waals surface area contributed by atoms with Gasteiger partial charge in [0.25, 0.3) is 0 Å². The van der Waals surface area contributed by atoms with Gasteiger partial charge in [-0.05, 0) is 124 Å². The molecule has 0 aliphatic rings. The van der Waals surface area contributed by atoms with Gasteiger partial charge in [-0.15, -0.1) is 0 Å². The summed E-state index contributed by atoms with van der Waals surface area (Å²) in [6.45, 7) is 0. The van der Waals surface area contributed by atoms with Crippen LogP contribution in [0.1, 0.15) is 0 Å². The molecule has 84 heavy (non-hydrogen) atoms. The van der Waals surface area contributed by atoms with E-state index in [0.717, 1.165) is 112 Å². The average Bonchev–Trinajstić information content (AvgIpc) is 4.35. The van der Waals surface area contributed by atoms with E-state index in [-0.39, 0.29) is 0 Å². The lowest BCUT2D eigenvalue weighted by Gasteiger charge is -2.12. The number of hydrogen-bond donors (Lipinski definition) is 0. The van der Waals surface area contributed by atoms with Gasteiger partial charge in [0.15, 0.2) is 28.9 Å². The Morgan fingerprint density at radius 3 is 1.64 bits per heavy atom. The van der Waals surface area contributed by atoms with Crippen molar-refractivity contribution in [2.75, 3.05) is 0 Å². The van der Waals surface area contributed by atoms with E-state index in [0.29, 0.717) is 34.8 Å². The van der Waals surface area contributed by atoms with E-state index in [2.05, 4.69) is 156 Å². The fourth-order valence-electron chi connectivity index (χ4n) is 11.3. The molecule has 16 aromatic rings. The topological polar surface area (TPSA) is 121 Å². The number of rotatable bonds is 10. The molecule has 10 heteroatoms. The van der Waals surface area contributed by atoms with Crippen molar-refractivity contribution < 1.29 is 4.42 Å². The van der Waals surface area contributed by atoms with Crippen molar-refractivity contribution in [2.45, 2.75) is 0 Å². The molecule has 0 unspecified atom stereocenters. The summed E-state index contributed by atoms with van der Waals surface area (Å²) in [6, 6.07) is 93.2. The Hall–Kier alpha value is -11.6. The lowest BCUT2D eigenvalue weighted by Crippen LogP contribution is -2.01. The first-order chi connectivity index (χ1) is 41.5. The number of hydrogen-bond acceptors (Lipinski definition) is 9. The molecule has 0 saturated heterocycles. The molecular weight excluding hydrogens is 1030 g/mol. The van der Waals surface area contributed by atoms with Crippen LogP contribution in [-0.2, 0) is 0 Å². The number of aromatic nitrogens is 9. The summed E-state index contributed by atoms with van der Waals surface area (Å²) in [5, 5.41) is 5.78. The number of benzene rings is 11. The van der Waals surface area contributed by atoms with Gasteiger partial charge in [-0.1, -0.05) is 182 Å². The fraction of sp³-hybridized carbons (Fsp3) is 0. The van der Waals surface area contributed by atoms with Crippen molar-refractivity contribution in [2.24, 2.45) is 0 Å². The Kier molecular flexibility index (Phi) is 11.6. The Morgan fingerprint density at radius 2 is 0.821 bits per heavy atom. The maximum Gasteiger partial charge on any atom is 0.227 e. The zero-order valence-corrected chi connectivity index (χ0v) is 44.9. The minimum absolute atomic E-state index is 0.493. The second-order valence-electron chi connectivity index (χ2n) is 20.8. The van der Waals surface area contributed by atoms with E-state index in [9.17, 15) is 0 Å². The van der Waals surface area contributed by atoms with Crippen LogP contribution >= 0.6 is 0 Å². The van der Waals surface area contributed by atoms with E-state index in [1.807, 2.05) is 121 Å². The van der Waals surface area contributed by atoms with Gasteiger partial charge in [-0.2, -0.15) is 0 Å². The molecule has 10 nitrogen and oxygen atoms in total. The van der Waals surface area contributed by atoms with Crippen molar-refractivity contribution in [1.29, 1.82) is 0 Å². The summed E-state index contributed by atoms with van der Waals surface area (Å²) in [4.78, 5) is 41.2. The van der Waals surface area contributed by atoms with E-state index in [1.165, 1.54) is 16.2 Å². The van der Waals surface area contributed by atoms with Gasteiger partial charge < -0.3 is 4.42 Å². The molecule has 0 fully saturated rings. The highest BCUT2D eigenvalue weighted by molar-refractivity contribution is 6.08. The summed E-state index contributed by atoms with van der Waals surface area (Å²) in [6.07, 6.45) is 0. The highest BCUT2D eigenvalue weighted by Crippen LogP contribution is 2.37. The van der Waals surface area contributed by atoms with Crippen molar-refractivity contribution in [3.05, 3.63) is 273 Å². The largest absolute Gasteiger partial charge is 0.436 e. The number of para-hydroxylation sites is 4. The van der Waals surface area contributed by atoms with Crippen LogP contribution < -0.4 is 0 Å². The minimum atomic E-state index is 0.493. The normalized spacial score (nSPS) is 11.6. The van der Waals surface area contributed by atoms with Gasteiger partial charge in [0.05, 0.1) is 33.6 Å². The summed E-state index contributed by atoms with van der Waals surface area (Å²) < 4.78 is 8.57. The molecule has 0 saturated carbocycles. The minimum Gasteiger partial charge on any atom is -0.436 e. The van der Waals surface area contributed by atoms with Crippen LogP contribution in [0.5, 0.6) is 0 Å². The second kappa shape index (κ2) is 20.2. The quantitative estimate of drug-likeness (QED) is 0.123. The molecule has 0 atom stereocenters. The lowest BCUT2D eigenvalue weighted by molar-refractivity contribution is 0.620. The van der Waals surface area contributed by atoms with Crippen molar-refractivity contribution in [3.8, 4) is 108 Å². The van der Waals surface area contributed by atoms with Gasteiger partial charge in [0.2, 0.25) is 5.89 Å². The maximum atomic E-state index is 6.37. The number of oxazole rings is 1. The first-order valence-corrected chi connectivity index (χ1v) is 27.8. The van der Waals surface area contributed by atoms with E-state index in [4.69, 9.17) is 44.3 Å². The zero-order chi connectivity index (χ0) is 55.5. The maximum absolute atomic E-state index is 6.37. The van der Waals surface area contributed by atoms with E-state index < -0.39 is 0 Å². The van der Waals surface area contributed by atoms with Gasteiger partial charge in [-0.25, -0.2) is 39.9 Å². The molecule has 16 rings (SSSR count). The Morgan fingerprint density at radius 1 is 0.262 bits per heavy atom. The van der Waals surface area contributed by atoms with Gasteiger partial charge >= 0.3 is 0 Å². The molecule has 0 N–H and O–H groups in total. The number of nitrogens with zero attached hydrogens (tertiary/aromatic N) is 9. The monoisotopic (exact) mass is 1080 g/mol. The Bertz CT molecular complexity index is 5210. The molecule has 5 heterocycles. The first kappa shape index (κ1) is 48.3. The van der Waals surface area contributed by atoms with Crippen LogP contribution in [0.3, 0.4) is 0 Å². The second-order valence-corrected chi connectivity index (χ2v) is 20.8. The summed E-state index contributed by atoms with van der Waals surface area (Å²) in [7, 11) is 0.